The maximum atomic E-state index is 10.4. The second-order valence-electron chi connectivity index (χ2n) is 2.02. The van der Waals surface area contributed by atoms with Gasteiger partial charge in [-0.25, -0.2) is 4.79 Å². The Labute approximate surface area is 67.1 Å². The largest absolute Gasteiger partial charge is 0.420 e. The third-order valence-electron chi connectivity index (χ3n) is 1.08. The molecule has 0 fully saturated rings. The summed E-state index contributed by atoms with van der Waals surface area (Å²) in [5, 5.41) is 2.29. The third kappa shape index (κ3) is 6.72. The number of nitrogens with one attached hydrogen (secondary N) is 1. The van der Waals surface area contributed by atoms with Gasteiger partial charge in [0.25, 0.3) is 0 Å². The van der Waals surface area contributed by atoms with Crippen molar-refractivity contribution >= 4 is 6.09 Å². The van der Waals surface area contributed by atoms with E-state index >= 15 is 0 Å². The Morgan fingerprint density at radius 1 is 1.64 bits per heavy atom. The number of unbranched alkanes of at least 4 members (excludes halogenated alkanes) is 2. The fraction of sp³-hybridized carbons (Fsp3) is 0.625. The van der Waals surface area contributed by atoms with E-state index in [0.29, 0.717) is 0 Å². The van der Waals surface area contributed by atoms with E-state index in [9.17, 15) is 4.79 Å². The molecular formula is C8H13NO2. The van der Waals surface area contributed by atoms with Crippen LogP contribution in [0.3, 0.4) is 0 Å². The lowest BCUT2D eigenvalue weighted by molar-refractivity contribution is 0.194. The number of hydrogen-bond donors (Lipinski definition) is 1. The van der Waals surface area contributed by atoms with Gasteiger partial charge in [0.05, 0.1) is 0 Å². The Morgan fingerprint density at radius 3 is 2.91 bits per heavy atom. The Bertz CT molecular complexity index is 167. The van der Waals surface area contributed by atoms with E-state index in [-0.39, 0.29) is 0 Å². The molecule has 0 aromatic carbocycles. The minimum Gasteiger partial charge on any atom is -0.356 e. The molecule has 62 valence electrons. The lowest BCUT2D eigenvalue weighted by Crippen LogP contribution is -2.16. The first-order valence-electron chi connectivity index (χ1n) is 3.67. The maximum Gasteiger partial charge on any atom is 0.420 e. The van der Waals surface area contributed by atoms with Crippen molar-refractivity contribution in [3.63, 3.8) is 0 Å². The zero-order valence-electron chi connectivity index (χ0n) is 6.94. The van der Waals surface area contributed by atoms with Crippen molar-refractivity contribution in [1.29, 1.82) is 0 Å². The summed E-state index contributed by atoms with van der Waals surface area (Å²) in [4.78, 5) is 10.4. The van der Waals surface area contributed by atoms with Gasteiger partial charge in [-0.2, -0.15) is 0 Å². The highest BCUT2D eigenvalue weighted by atomic mass is 16.5. The van der Waals surface area contributed by atoms with Gasteiger partial charge >= 0.3 is 6.09 Å². The van der Waals surface area contributed by atoms with Crippen LogP contribution < -0.4 is 5.32 Å². The number of hydrogen-bond acceptors (Lipinski definition) is 2. The van der Waals surface area contributed by atoms with E-state index in [1.165, 1.54) is 7.05 Å². The Hall–Kier alpha value is -1.17. The molecule has 1 N–H and O–H groups in total. The number of carbonyl (C=O) groups is 1. The molecule has 11 heavy (non-hydrogen) atoms. The minimum absolute atomic E-state index is 0.506. The molecule has 0 spiro atoms. The molecule has 0 aliphatic heterocycles. The summed E-state index contributed by atoms with van der Waals surface area (Å²) >= 11 is 0. The quantitative estimate of drug-likeness (QED) is 0.484. The summed E-state index contributed by atoms with van der Waals surface area (Å²) in [6.07, 6.45) is 4.74. The highest BCUT2D eigenvalue weighted by molar-refractivity contribution is 5.67. The number of alkyl carbamates (subject to hydrolysis) is 1. The maximum absolute atomic E-state index is 10.4. The zero-order chi connectivity index (χ0) is 8.53. The molecule has 0 unspecified atom stereocenters. The number of carbonyl (C=O) groups excluding carboxylic acids is 1. The van der Waals surface area contributed by atoms with Crippen LogP contribution in [0.25, 0.3) is 0 Å². The van der Waals surface area contributed by atoms with E-state index in [0.717, 1.165) is 19.3 Å². The molecule has 0 rings (SSSR count). The summed E-state index contributed by atoms with van der Waals surface area (Å²) in [5.41, 5.74) is 0. The van der Waals surface area contributed by atoms with Crippen molar-refractivity contribution in [2.45, 2.75) is 26.2 Å². The van der Waals surface area contributed by atoms with E-state index in [1.807, 2.05) is 0 Å². The standard InChI is InChI=1S/C8H13NO2/c1-3-4-5-6-7-11-8(10)9-2/h3-5H2,1-2H3,(H,9,10). The molecule has 0 aromatic rings. The van der Waals surface area contributed by atoms with E-state index in [2.05, 4.69) is 29.0 Å². The first-order chi connectivity index (χ1) is 5.31. The SMILES string of the molecule is CCCCC#COC(=O)NC. The topological polar surface area (TPSA) is 38.3 Å². The molecule has 1 amide bonds. The monoisotopic (exact) mass is 155 g/mol. The summed E-state index contributed by atoms with van der Waals surface area (Å²) < 4.78 is 4.43. The van der Waals surface area contributed by atoms with Crippen LogP contribution in [0.5, 0.6) is 0 Å². The minimum atomic E-state index is -0.506. The lowest BCUT2D eigenvalue weighted by Gasteiger charge is -1.90. The second kappa shape index (κ2) is 6.94. The van der Waals surface area contributed by atoms with Crippen LogP contribution in [-0.4, -0.2) is 13.1 Å². The molecule has 0 aromatic heterocycles. The molecule has 0 atom stereocenters. The van der Waals surface area contributed by atoms with E-state index in [1.54, 1.807) is 0 Å². The van der Waals surface area contributed by atoms with Crippen molar-refractivity contribution in [2.24, 2.45) is 0 Å². The van der Waals surface area contributed by atoms with Gasteiger partial charge in [-0.1, -0.05) is 19.3 Å². The van der Waals surface area contributed by atoms with Crippen LogP contribution in [-0.2, 0) is 4.74 Å². The van der Waals surface area contributed by atoms with Gasteiger partial charge in [0.15, 0.2) is 0 Å². The average molecular weight is 155 g/mol. The molecule has 0 aliphatic rings. The number of amides is 1. The van der Waals surface area contributed by atoms with Crippen LogP contribution in [0.1, 0.15) is 26.2 Å². The number of ether oxygens (including phenoxy) is 1. The zero-order valence-corrected chi connectivity index (χ0v) is 6.94. The molecule has 0 heterocycles. The third-order valence-corrected chi connectivity index (χ3v) is 1.08. The van der Waals surface area contributed by atoms with E-state index < -0.39 is 6.09 Å². The summed E-state index contributed by atoms with van der Waals surface area (Å²) in [6, 6.07) is 0. The van der Waals surface area contributed by atoms with Crippen molar-refractivity contribution in [2.75, 3.05) is 7.05 Å². The van der Waals surface area contributed by atoms with Crippen molar-refractivity contribution < 1.29 is 9.53 Å². The van der Waals surface area contributed by atoms with Crippen LogP contribution in [0, 0.1) is 12.0 Å². The molecule has 3 heteroatoms. The molecular weight excluding hydrogens is 142 g/mol. The van der Waals surface area contributed by atoms with Crippen molar-refractivity contribution in [1.82, 2.24) is 5.32 Å². The van der Waals surface area contributed by atoms with Gasteiger partial charge in [-0.05, 0) is 6.42 Å². The van der Waals surface area contributed by atoms with Gasteiger partial charge in [-0.15, -0.1) is 0 Å². The second-order valence-corrected chi connectivity index (χ2v) is 2.02. The molecule has 0 radical (unpaired) electrons. The predicted molar refractivity (Wildman–Crippen MR) is 42.8 cm³/mol. The van der Waals surface area contributed by atoms with Gasteiger partial charge in [0.2, 0.25) is 0 Å². The normalized spacial score (nSPS) is 7.82. The first kappa shape index (κ1) is 9.83. The van der Waals surface area contributed by atoms with Crippen molar-refractivity contribution in [3.05, 3.63) is 0 Å². The van der Waals surface area contributed by atoms with Gasteiger partial charge in [0.1, 0.15) is 6.11 Å². The molecule has 0 saturated heterocycles. The molecule has 0 aliphatic carbocycles. The van der Waals surface area contributed by atoms with Crippen molar-refractivity contribution in [3.8, 4) is 12.0 Å². The smallest absolute Gasteiger partial charge is 0.356 e. The number of rotatable bonds is 2. The van der Waals surface area contributed by atoms with Crippen LogP contribution in [0.2, 0.25) is 0 Å². The fourth-order valence-electron chi connectivity index (χ4n) is 0.450. The summed E-state index contributed by atoms with van der Waals surface area (Å²) in [7, 11) is 1.50. The Kier molecular flexibility index (Phi) is 6.20. The van der Waals surface area contributed by atoms with Gasteiger partial charge in [0, 0.05) is 13.5 Å². The average Bonchev–Trinajstić information content (AvgIpc) is 2.04. The molecule has 0 saturated carbocycles. The highest BCUT2D eigenvalue weighted by Crippen LogP contribution is 1.90. The molecule has 3 nitrogen and oxygen atoms in total. The van der Waals surface area contributed by atoms with Crippen LogP contribution in [0.15, 0.2) is 0 Å². The summed E-state index contributed by atoms with van der Waals surface area (Å²) in [5.74, 6) is 2.72. The summed E-state index contributed by atoms with van der Waals surface area (Å²) in [6.45, 7) is 2.08. The van der Waals surface area contributed by atoms with Crippen LogP contribution in [0.4, 0.5) is 4.79 Å². The highest BCUT2D eigenvalue weighted by Gasteiger charge is 1.90. The molecule has 0 bridgehead atoms. The van der Waals surface area contributed by atoms with Crippen LogP contribution >= 0.6 is 0 Å². The lowest BCUT2D eigenvalue weighted by atomic mass is 10.3. The van der Waals surface area contributed by atoms with E-state index in [4.69, 9.17) is 0 Å². The predicted octanol–water partition coefficient (Wildman–Crippen LogP) is 1.49. The van der Waals surface area contributed by atoms with Gasteiger partial charge < -0.3 is 10.1 Å². The fourth-order valence-corrected chi connectivity index (χ4v) is 0.450. The Balaban J connectivity index is 3.32. The van der Waals surface area contributed by atoms with Gasteiger partial charge in [-0.3, -0.25) is 0 Å². The Morgan fingerprint density at radius 2 is 2.36 bits per heavy atom. The first-order valence-corrected chi connectivity index (χ1v) is 3.67.